The standard InChI is InChI=1S/C22H46O4Si2/c1-13-15-20(26-28(11,12)22(5,6)7)19(24-18-23-8)16-14-17-25-27(9,10)21(2,3)4/h13-16,19-20H,17-18H2,1-12H3/b15-13+,16-14+/t19-,20+/m0/s1. The zero-order valence-electron chi connectivity index (χ0n) is 20.5. The smallest absolute Gasteiger partial charge is 0.193 e. The number of hydrogen-bond acceptors (Lipinski definition) is 4. The number of methoxy groups -OCH3 is 1. The van der Waals surface area contributed by atoms with Gasteiger partial charge in [0.05, 0.1) is 12.7 Å². The van der Waals surface area contributed by atoms with Crippen LogP contribution in [0, 0.1) is 0 Å². The molecule has 2 atom stereocenters. The van der Waals surface area contributed by atoms with Crippen molar-refractivity contribution in [2.75, 3.05) is 20.5 Å². The minimum Gasteiger partial charge on any atom is -0.413 e. The zero-order valence-corrected chi connectivity index (χ0v) is 22.5. The van der Waals surface area contributed by atoms with Gasteiger partial charge in [0.15, 0.2) is 16.6 Å². The molecule has 6 heteroatoms. The van der Waals surface area contributed by atoms with Gasteiger partial charge in [-0.25, -0.2) is 0 Å². The lowest BCUT2D eigenvalue weighted by Gasteiger charge is -2.40. The Morgan fingerprint density at radius 2 is 1.36 bits per heavy atom. The van der Waals surface area contributed by atoms with E-state index in [1.807, 2.05) is 13.0 Å². The van der Waals surface area contributed by atoms with Crippen LogP contribution in [0.1, 0.15) is 48.5 Å². The summed E-state index contributed by atoms with van der Waals surface area (Å²) in [6.45, 7) is 25.4. The Kier molecular flexibility index (Phi) is 11.1. The summed E-state index contributed by atoms with van der Waals surface area (Å²) in [7, 11) is -2.06. The molecule has 28 heavy (non-hydrogen) atoms. The van der Waals surface area contributed by atoms with Gasteiger partial charge in [-0.3, -0.25) is 0 Å². The Hall–Kier alpha value is -0.246. The monoisotopic (exact) mass is 430 g/mol. The summed E-state index contributed by atoms with van der Waals surface area (Å²) in [6, 6.07) is 0. The largest absolute Gasteiger partial charge is 0.413 e. The van der Waals surface area contributed by atoms with E-state index in [2.05, 4.69) is 86.0 Å². The van der Waals surface area contributed by atoms with Crippen LogP contribution >= 0.6 is 0 Å². The van der Waals surface area contributed by atoms with Gasteiger partial charge in [-0.05, 0) is 43.2 Å². The number of allylic oxidation sites excluding steroid dienone is 1. The number of hydrogen-bond donors (Lipinski definition) is 0. The molecule has 0 saturated heterocycles. The van der Waals surface area contributed by atoms with Crippen LogP contribution in [0.2, 0.25) is 36.3 Å². The van der Waals surface area contributed by atoms with Gasteiger partial charge < -0.3 is 18.3 Å². The minimum absolute atomic E-state index is 0.133. The molecule has 0 aromatic heterocycles. The predicted octanol–water partition coefficient (Wildman–Crippen LogP) is 6.52. The first-order chi connectivity index (χ1) is 12.6. The van der Waals surface area contributed by atoms with E-state index in [9.17, 15) is 0 Å². The van der Waals surface area contributed by atoms with Gasteiger partial charge in [-0.1, -0.05) is 65.8 Å². The van der Waals surface area contributed by atoms with Crippen LogP contribution in [0.3, 0.4) is 0 Å². The van der Waals surface area contributed by atoms with E-state index in [-0.39, 0.29) is 29.1 Å². The molecule has 0 unspecified atom stereocenters. The molecule has 0 radical (unpaired) electrons. The van der Waals surface area contributed by atoms with Crippen molar-refractivity contribution in [3.05, 3.63) is 24.3 Å². The van der Waals surface area contributed by atoms with Crippen LogP contribution in [0.4, 0.5) is 0 Å². The molecule has 0 rings (SSSR count). The topological polar surface area (TPSA) is 36.9 Å². The third kappa shape index (κ3) is 9.05. The van der Waals surface area contributed by atoms with Crippen LogP contribution in [0.5, 0.6) is 0 Å². The van der Waals surface area contributed by atoms with Gasteiger partial charge in [0.2, 0.25) is 0 Å². The predicted molar refractivity (Wildman–Crippen MR) is 126 cm³/mol. The SMILES string of the molecule is C/C=C/[C@@H](O[Si](C)(C)C(C)(C)C)[C@H](/C=C/CO[Si](C)(C)C(C)(C)C)OCOC. The third-order valence-corrected chi connectivity index (χ3v) is 15.0. The summed E-state index contributed by atoms with van der Waals surface area (Å²) in [6.07, 6.45) is 7.87. The van der Waals surface area contributed by atoms with Gasteiger partial charge in [0.1, 0.15) is 12.9 Å². The van der Waals surface area contributed by atoms with E-state index in [4.69, 9.17) is 18.3 Å². The molecule has 0 spiro atoms. The molecular formula is C22H46O4Si2. The maximum atomic E-state index is 6.64. The summed E-state index contributed by atoms with van der Waals surface area (Å²) < 4.78 is 24.0. The van der Waals surface area contributed by atoms with Crippen molar-refractivity contribution in [1.29, 1.82) is 0 Å². The van der Waals surface area contributed by atoms with Gasteiger partial charge in [-0.2, -0.15) is 0 Å². The molecule has 166 valence electrons. The highest BCUT2D eigenvalue weighted by atomic mass is 28.4. The lowest BCUT2D eigenvalue weighted by Crippen LogP contribution is -2.46. The third-order valence-electron chi connectivity index (χ3n) is 5.99. The Bertz CT molecular complexity index is 500. The van der Waals surface area contributed by atoms with E-state index in [0.29, 0.717) is 6.61 Å². The van der Waals surface area contributed by atoms with Crippen molar-refractivity contribution in [3.8, 4) is 0 Å². The van der Waals surface area contributed by atoms with E-state index in [0.717, 1.165) is 0 Å². The average molecular weight is 431 g/mol. The molecule has 0 N–H and O–H groups in total. The minimum atomic E-state index is -1.94. The lowest BCUT2D eigenvalue weighted by molar-refractivity contribution is -0.0809. The first kappa shape index (κ1) is 27.8. The van der Waals surface area contributed by atoms with Gasteiger partial charge in [0, 0.05) is 7.11 Å². The Morgan fingerprint density at radius 1 is 0.821 bits per heavy atom. The van der Waals surface area contributed by atoms with Gasteiger partial charge >= 0.3 is 0 Å². The molecule has 0 aliphatic rings. The normalized spacial score (nSPS) is 16.9. The Balaban J connectivity index is 5.33. The second-order valence-electron chi connectivity index (χ2n) is 10.4. The van der Waals surface area contributed by atoms with Gasteiger partial charge in [-0.15, -0.1) is 0 Å². The quantitative estimate of drug-likeness (QED) is 0.212. The Morgan fingerprint density at radius 3 is 1.79 bits per heavy atom. The van der Waals surface area contributed by atoms with Crippen molar-refractivity contribution in [2.24, 2.45) is 0 Å². The highest BCUT2D eigenvalue weighted by molar-refractivity contribution is 6.74. The molecular weight excluding hydrogens is 384 g/mol. The highest BCUT2D eigenvalue weighted by Crippen LogP contribution is 2.38. The van der Waals surface area contributed by atoms with Crippen LogP contribution < -0.4 is 0 Å². The summed E-state index contributed by atoms with van der Waals surface area (Å²) in [5, 5.41) is 0.333. The van der Waals surface area contributed by atoms with Gasteiger partial charge in [0.25, 0.3) is 0 Å². The molecule has 0 aliphatic carbocycles. The molecule has 0 aliphatic heterocycles. The second kappa shape index (κ2) is 11.2. The summed E-state index contributed by atoms with van der Waals surface area (Å²) in [4.78, 5) is 0. The first-order valence-corrected chi connectivity index (χ1v) is 16.1. The van der Waals surface area contributed by atoms with Crippen molar-refractivity contribution in [3.63, 3.8) is 0 Å². The van der Waals surface area contributed by atoms with Crippen molar-refractivity contribution < 1.29 is 18.3 Å². The molecule has 0 aromatic rings. The van der Waals surface area contributed by atoms with Crippen molar-refractivity contribution in [2.45, 2.75) is 96.9 Å². The van der Waals surface area contributed by atoms with Crippen LogP contribution in [-0.2, 0) is 18.3 Å². The van der Waals surface area contributed by atoms with Crippen LogP contribution in [0.15, 0.2) is 24.3 Å². The highest BCUT2D eigenvalue weighted by Gasteiger charge is 2.40. The summed E-state index contributed by atoms with van der Waals surface area (Å²) in [5.41, 5.74) is 0. The first-order valence-electron chi connectivity index (χ1n) is 10.3. The second-order valence-corrected chi connectivity index (χ2v) is 20.0. The fraction of sp³-hybridized carbons (Fsp3) is 0.818. The molecule has 0 amide bonds. The fourth-order valence-corrected chi connectivity index (χ4v) is 4.18. The molecule has 0 bridgehead atoms. The van der Waals surface area contributed by atoms with Crippen LogP contribution in [-0.4, -0.2) is 49.4 Å². The molecule has 0 heterocycles. The lowest BCUT2D eigenvalue weighted by atomic mass is 10.2. The van der Waals surface area contributed by atoms with E-state index >= 15 is 0 Å². The zero-order chi connectivity index (χ0) is 22.2. The average Bonchev–Trinajstić information content (AvgIpc) is 2.51. The summed E-state index contributed by atoms with van der Waals surface area (Å²) >= 11 is 0. The molecule has 0 fully saturated rings. The maximum absolute atomic E-state index is 6.64. The van der Waals surface area contributed by atoms with Crippen molar-refractivity contribution in [1.82, 2.24) is 0 Å². The molecule has 4 nitrogen and oxygen atoms in total. The molecule has 0 saturated carbocycles. The maximum Gasteiger partial charge on any atom is 0.193 e. The summed E-state index contributed by atoms with van der Waals surface area (Å²) in [5.74, 6) is 0. The van der Waals surface area contributed by atoms with Crippen molar-refractivity contribution >= 4 is 16.6 Å². The fourth-order valence-electron chi connectivity index (χ4n) is 1.99. The number of ether oxygens (including phenoxy) is 2. The number of rotatable bonds is 11. The van der Waals surface area contributed by atoms with E-state index in [1.165, 1.54) is 0 Å². The van der Waals surface area contributed by atoms with E-state index < -0.39 is 16.6 Å². The molecule has 0 aromatic carbocycles. The van der Waals surface area contributed by atoms with Crippen LogP contribution in [0.25, 0.3) is 0 Å². The van der Waals surface area contributed by atoms with E-state index in [1.54, 1.807) is 7.11 Å². The Labute approximate surface area is 176 Å².